The molecule has 0 fully saturated rings. The summed E-state index contributed by atoms with van der Waals surface area (Å²) in [5.41, 5.74) is 2.06. The van der Waals surface area contributed by atoms with E-state index < -0.39 is 5.60 Å². The van der Waals surface area contributed by atoms with Crippen molar-refractivity contribution in [3.8, 4) is 11.3 Å². The third kappa shape index (κ3) is 2.69. The molecule has 0 saturated heterocycles. The Morgan fingerprint density at radius 3 is 2.76 bits per heavy atom. The molecule has 0 amide bonds. The summed E-state index contributed by atoms with van der Waals surface area (Å²) in [5.74, 6) is 0. The Labute approximate surface area is 127 Å². The van der Waals surface area contributed by atoms with E-state index in [1.54, 1.807) is 23.7 Å². The monoisotopic (exact) mass is 300 g/mol. The Morgan fingerprint density at radius 2 is 2.10 bits per heavy atom. The van der Waals surface area contributed by atoms with Crippen molar-refractivity contribution in [3.63, 3.8) is 0 Å². The fraction of sp³-hybridized carbons (Fsp3) is 0.250. The summed E-state index contributed by atoms with van der Waals surface area (Å²) in [6, 6.07) is 5.79. The third-order valence-electron chi connectivity index (χ3n) is 2.98. The molecule has 3 heterocycles. The smallest absolute Gasteiger partial charge is 0.419 e. The Hall–Kier alpha value is -2.14. The first-order valence-electron chi connectivity index (χ1n) is 6.68. The van der Waals surface area contributed by atoms with E-state index in [0.717, 1.165) is 22.2 Å². The zero-order chi connectivity index (χ0) is 15.0. The van der Waals surface area contributed by atoms with E-state index in [0.29, 0.717) is 0 Å². The quantitative estimate of drug-likeness (QED) is 0.662. The SMILES string of the molecule is CC(C)(C)OC(=O)n1ccc2ccnc(-c3ccsc3)c21. The van der Waals surface area contributed by atoms with Crippen LogP contribution < -0.4 is 0 Å². The number of hydrogen-bond acceptors (Lipinski definition) is 4. The molecule has 21 heavy (non-hydrogen) atoms. The minimum Gasteiger partial charge on any atom is -0.443 e. The lowest BCUT2D eigenvalue weighted by Crippen LogP contribution is -2.26. The lowest BCUT2D eigenvalue weighted by molar-refractivity contribution is 0.0544. The molecule has 0 saturated carbocycles. The fourth-order valence-corrected chi connectivity index (χ4v) is 2.80. The van der Waals surface area contributed by atoms with Gasteiger partial charge in [0.15, 0.2) is 0 Å². The number of thiophene rings is 1. The van der Waals surface area contributed by atoms with Gasteiger partial charge in [0.1, 0.15) is 5.60 Å². The highest BCUT2D eigenvalue weighted by molar-refractivity contribution is 7.08. The average molecular weight is 300 g/mol. The van der Waals surface area contributed by atoms with Crippen molar-refractivity contribution in [2.45, 2.75) is 26.4 Å². The van der Waals surface area contributed by atoms with Crippen molar-refractivity contribution in [2.24, 2.45) is 0 Å². The number of pyridine rings is 1. The summed E-state index contributed by atoms with van der Waals surface area (Å²) >= 11 is 1.60. The van der Waals surface area contributed by atoms with Crippen molar-refractivity contribution < 1.29 is 9.53 Å². The van der Waals surface area contributed by atoms with E-state index >= 15 is 0 Å². The Balaban J connectivity index is 2.15. The molecule has 108 valence electrons. The van der Waals surface area contributed by atoms with Crippen LogP contribution in [0.25, 0.3) is 22.2 Å². The highest BCUT2D eigenvalue weighted by Gasteiger charge is 2.21. The average Bonchev–Trinajstić information content (AvgIpc) is 3.05. The number of fused-ring (bicyclic) bond motifs is 1. The van der Waals surface area contributed by atoms with Crippen molar-refractivity contribution in [2.75, 3.05) is 0 Å². The zero-order valence-corrected chi connectivity index (χ0v) is 13.0. The molecule has 0 aliphatic heterocycles. The molecular formula is C16H16N2O2S. The van der Waals surface area contributed by atoms with Gasteiger partial charge in [-0.25, -0.2) is 4.79 Å². The minimum atomic E-state index is -0.529. The third-order valence-corrected chi connectivity index (χ3v) is 3.67. The molecular weight excluding hydrogens is 284 g/mol. The van der Waals surface area contributed by atoms with E-state index in [4.69, 9.17) is 4.74 Å². The standard InChI is InChI=1S/C16H16N2O2S/c1-16(2,3)20-15(19)18-8-5-11-4-7-17-13(14(11)18)12-6-9-21-10-12/h4-10H,1-3H3. The molecule has 0 spiro atoms. The van der Waals surface area contributed by atoms with Gasteiger partial charge < -0.3 is 4.74 Å². The van der Waals surface area contributed by atoms with Crippen LogP contribution in [-0.2, 0) is 4.74 Å². The predicted molar refractivity (Wildman–Crippen MR) is 84.7 cm³/mol. The Bertz CT molecular complexity index is 782. The molecule has 0 atom stereocenters. The summed E-state index contributed by atoms with van der Waals surface area (Å²) in [6.45, 7) is 5.57. The van der Waals surface area contributed by atoms with Crippen LogP contribution in [0.4, 0.5) is 4.79 Å². The van der Waals surface area contributed by atoms with Crippen LogP contribution in [0.5, 0.6) is 0 Å². The molecule has 0 radical (unpaired) electrons. The van der Waals surface area contributed by atoms with Gasteiger partial charge in [0, 0.05) is 28.7 Å². The summed E-state index contributed by atoms with van der Waals surface area (Å²) < 4.78 is 6.99. The van der Waals surface area contributed by atoms with Gasteiger partial charge in [-0.3, -0.25) is 9.55 Å². The van der Waals surface area contributed by atoms with Crippen molar-refractivity contribution in [1.82, 2.24) is 9.55 Å². The normalized spacial score (nSPS) is 11.8. The van der Waals surface area contributed by atoms with Gasteiger partial charge in [0.05, 0.1) is 11.2 Å². The number of rotatable bonds is 1. The van der Waals surface area contributed by atoms with Gasteiger partial charge in [-0.15, -0.1) is 0 Å². The molecule has 0 aliphatic carbocycles. The second kappa shape index (κ2) is 5.00. The largest absolute Gasteiger partial charge is 0.443 e. The van der Waals surface area contributed by atoms with Gasteiger partial charge in [-0.2, -0.15) is 11.3 Å². The predicted octanol–water partition coefficient (Wildman–Crippen LogP) is 4.55. The van der Waals surface area contributed by atoms with Crippen LogP contribution >= 0.6 is 11.3 Å². The lowest BCUT2D eigenvalue weighted by atomic mass is 10.1. The van der Waals surface area contributed by atoms with E-state index in [1.165, 1.54) is 4.57 Å². The number of hydrogen-bond donors (Lipinski definition) is 0. The van der Waals surface area contributed by atoms with Crippen LogP contribution in [0.1, 0.15) is 20.8 Å². The molecule has 0 aromatic carbocycles. The zero-order valence-electron chi connectivity index (χ0n) is 12.2. The Morgan fingerprint density at radius 1 is 1.29 bits per heavy atom. The lowest BCUT2D eigenvalue weighted by Gasteiger charge is -2.20. The molecule has 4 nitrogen and oxygen atoms in total. The first-order chi connectivity index (χ1) is 9.96. The summed E-state index contributed by atoms with van der Waals surface area (Å²) in [5, 5.41) is 4.99. The van der Waals surface area contributed by atoms with Crippen LogP contribution in [0.15, 0.2) is 41.4 Å². The van der Waals surface area contributed by atoms with Gasteiger partial charge >= 0.3 is 6.09 Å². The van der Waals surface area contributed by atoms with Crippen LogP contribution in [0, 0.1) is 0 Å². The first-order valence-corrected chi connectivity index (χ1v) is 7.62. The summed E-state index contributed by atoms with van der Waals surface area (Å²) in [7, 11) is 0. The van der Waals surface area contributed by atoms with Gasteiger partial charge in [-0.05, 0) is 44.4 Å². The first kappa shape index (κ1) is 13.8. The maximum atomic E-state index is 12.4. The second-order valence-electron chi connectivity index (χ2n) is 5.78. The summed E-state index contributed by atoms with van der Waals surface area (Å²) in [6.07, 6.45) is 3.10. The number of ether oxygens (including phenoxy) is 1. The number of carbonyl (C=O) groups is 1. The topological polar surface area (TPSA) is 44.1 Å². The molecule has 0 aliphatic rings. The van der Waals surface area contributed by atoms with Crippen LogP contribution in [0.2, 0.25) is 0 Å². The van der Waals surface area contributed by atoms with E-state index in [1.807, 2.05) is 49.7 Å². The maximum Gasteiger partial charge on any atom is 0.419 e. The minimum absolute atomic E-state index is 0.387. The van der Waals surface area contributed by atoms with Gasteiger partial charge in [0.2, 0.25) is 0 Å². The molecule has 0 unspecified atom stereocenters. The molecule has 5 heteroatoms. The molecule has 3 rings (SSSR count). The number of nitrogens with zero attached hydrogens (tertiary/aromatic N) is 2. The highest BCUT2D eigenvalue weighted by atomic mass is 32.1. The summed E-state index contributed by atoms with van der Waals surface area (Å²) in [4.78, 5) is 16.8. The van der Waals surface area contributed by atoms with Crippen molar-refractivity contribution in [1.29, 1.82) is 0 Å². The molecule has 0 bridgehead atoms. The number of aromatic nitrogens is 2. The molecule has 3 aromatic heterocycles. The van der Waals surface area contributed by atoms with E-state index in [2.05, 4.69) is 4.98 Å². The van der Waals surface area contributed by atoms with Crippen molar-refractivity contribution in [3.05, 3.63) is 41.4 Å². The van der Waals surface area contributed by atoms with Crippen LogP contribution in [0.3, 0.4) is 0 Å². The van der Waals surface area contributed by atoms with Crippen LogP contribution in [-0.4, -0.2) is 21.2 Å². The van der Waals surface area contributed by atoms with E-state index in [-0.39, 0.29) is 6.09 Å². The molecule has 0 N–H and O–H groups in total. The van der Waals surface area contributed by atoms with Gasteiger partial charge in [-0.1, -0.05) is 0 Å². The molecule has 3 aromatic rings. The fourth-order valence-electron chi connectivity index (χ4n) is 2.16. The highest BCUT2D eigenvalue weighted by Crippen LogP contribution is 2.29. The van der Waals surface area contributed by atoms with Crippen molar-refractivity contribution >= 4 is 28.3 Å². The maximum absolute atomic E-state index is 12.4. The van der Waals surface area contributed by atoms with E-state index in [9.17, 15) is 4.79 Å². The second-order valence-corrected chi connectivity index (χ2v) is 6.56. The number of carbonyl (C=O) groups excluding carboxylic acids is 1. The Kier molecular flexibility index (Phi) is 3.29. The van der Waals surface area contributed by atoms with Gasteiger partial charge in [0.25, 0.3) is 0 Å².